The van der Waals surface area contributed by atoms with Crippen LogP contribution in [0.15, 0.2) is 36.1 Å². The second kappa shape index (κ2) is 6.49. The third kappa shape index (κ3) is 3.95. The number of halogens is 3. The highest BCUT2D eigenvalue weighted by Crippen LogP contribution is 2.38. The molecule has 0 saturated heterocycles. The van der Waals surface area contributed by atoms with Crippen molar-refractivity contribution < 1.29 is 35.7 Å². The highest BCUT2D eigenvalue weighted by Gasteiger charge is 2.49. The van der Waals surface area contributed by atoms with Crippen LogP contribution in [-0.4, -0.2) is 36.6 Å². The maximum absolute atomic E-state index is 12.5. The molecule has 1 heterocycles. The average Bonchev–Trinajstić information content (AvgIpc) is 2.88. The quantitative estimate of drug-likeness (QED) is 0.624. The van der Waals surface area contributed by atoms with Gasteiger partial charge in [0.15, 0.2) is 0 Å². The number of hydrogen-bond donors (Lipinski definition) is 1. The second-order valence-electron chi connectivity index (χ2n) is 6.81. The number of benzene rings is 1. The molecule has 0 aromatic heterocycles. The molecule has 10 heteroatoms. The van der Waals surface area contributed by atoms with E-state index in [1.165, 1.54) is 0 Å². The Morgan fingerprint density at radius 3 is 2.31 bits per heavy atom. The molecule has 0 spiro atoms. The zero-order valence-electron chi connectivity index (χ0n) is 14.2. The lowest BCUT2D eigenvalue weighted by Crippen LogP contribution is -2.32. The molecule has 1 amide bonds. The van der Waals surface area contributed by atoms with Gasteiger partial charge in [-0.15, -0.1) is 0 Å². The van der Waals surface area contributed by atoms with Gasteiger partial charge >= 0.3 is 21.7 Å². The Morgan fingerprint density at radius 1 is 1.23 bits per heavy atom. The van der Waals surface area contributed by atoms with E-state index in [0.717, 1.165) is 16.5 Å². The van der Waals surface area contributed by atoms with Crippen molar-refractivity contribution >= 4 is 16.2 Å². The molecule has 1 N–H and O–H groups in total. The first-order chi connectivity index (χ1) is 11.7. The zero-order valence-corrected chi connectivity index (χ0v) is 15.1. The Hall–Kier alpha value is -2.23. The molecule has 26 heavy (non-hydrogen) atoms. The van der Waals surface area contributed by atoms with Gasteiger partial charge in [-0.05, 0) is 22.6 Å². The molecule has 0 unspecified atom stereocenters. The van der Waals surface area contributed by atoms with Gasteiger partial charge in [0.1, 0.15) is 5.76 Å². The third-order valence-electron chi connectivity index (χ3n) is 3.84. The minimum Gasteiger partial charge on any atom is -0.465 e. The van der Waals surface area contributed by atoms with E-state index in [2.05, 4.69) is 4.18 Å². The summed E-state index contributed by atoms with van der Waals surface area (Å²) in [5.74, 6) is -0.585. The fourth-order valence-corrected chi connectivity index (χ4v) is 3.19. The summed E-state index contributed by atoms with van der Waals surface area (Å²) in [4.78, 5) is 12.3. The highest BCUT2D eigenvalue weighted by atomic mass is 32.2. The summed E-state index contributed by atoms with van der Waals surface area (Å²) < 4.78 is 64.1. The van der Waals surface area contributed by atoms with Crippen LogP contribution in [0.25, 0.3) is 0 Å². The Morgan fingerprint density at radius 2 is 1.81 bits per heavy atom. The minimum absolute atomic E-state index is 0.365. The van der Waals surface area contributed by atoms with Crippen molar-refractivity contribution in [2.45, 2.75) is 37.7 Å². The fraction of sp³-hybridized carbons (Fsp3) is 0.438. The fourth-order valence-electron chi connectivity index (χ4n) is 2.71. The molecule has 0 radical (unpaired) electrons. The number of carbonyl (C=O) groups is 1. The molecule has 144 valence electrons. The Kier molecular flexibility index (Phi) is 5.02. The van der Waals surface area contributed by atoms with Gasteiger partial charge in [-0.2, -0.15) is 21.6 Å². The minimum atomic E-state index is -5.86. The number of amides is 1. The zero-order chi connectivity index (χ0) is 19.9. The first kappa shape index (κ1) is 20.1. The average molecular weight is 393 g/mol. The number of rotatable bonds is 3. The van der Waals surface area contributed by atoms with Gasteiger partial charge in [-0.25, -0.2) is 4.79 Å². The summed E-state index contributed by atoms with van der Waals surface area (Å²) >= 11 is 0. The van der Waals surface area contributed by atoms with Crippen molar-refractivity contribution in [3.8, 4) is 0 Å². The molecule has 1 aromatic rings. The Balaban J connectivity index is 2.47. The third-order valence-corrected chi connectivity index (χ3v) is 4.84. The molecule has 1 atom stereocenters. The molecule has 2 rings (SSSR count). The lowest BCUT2D eigenvalue weighted by atomic mass is 9.82. The maximum Gasteiger partial charge on any atom is 0.534 e. The van der Waals surface area contributed by atoms with Gasteiger partial charge in [0.2, 0.25) is 0 Å². The normalized spacial score (nSPS) is 18.6. The van der Waals surface area contributed by atoms with Crippen LogP contribution in [0, 0.1) is 0 Å². The summed E-state index contributed by atoms with van der Waals surface area (Å²) in [6.07, 6.45) is -0.319. The standard InChI is InChI=1S/C16H18F3NO5S/c1-15(2,3)12-7-5-4-6-11(12)13-8-10(9-20(13)14(21)22)25-26(23,24)16(17,18)19/h4-8,13H,9H2,1-3H3,(H,21,22)/t13-/m0/s1. The predicted molar refractivity (Wildman–Crippen MR) is 86.8 cm³/mol. The van der Waals surface area contributed by atoms with E-state index in [-0.39, 0.29) is 5.41 Å². The molecular formula is C16H18F3NO5S. The van der Waals surface area contributed by atoms with Crippen molar-refractivity contribution in [1.29, 1.82) is 0 Å². The highest BCUT2D eigenvalue weighted by molar-refractivity contribution is 7.87. The molecule has 0 fully saturated rings. The topological polar surface area (TPSA) is 83.9 Å². The number of hydrogen-bond acceptors (Lipinski definition) is 4. The van der Waals surface area contributed by atoms with Gasteiger partial charge in [0.25, 0.3) is 0 Å². The van der Waals surface area contributed by atoms with E-state index in [1.54, 1.807) is 24.3 Å². The lowest BCUT2D eigenvalue weighted by Gasteiger charge is -2.28. The monoisotopic (exact) mass is 393 g/mol. The van der Waals surface area contributed by atoms with Gasteiger partial charge in [-0.1, -0.05) is 45.0 Å². The maximum atomic E-state index is 12.5. The summed E-state index contributed by atoms with van der Waals surface area (Å²) in [6.45, 7) is 5.11. The molecule has 0 bridgehead atoms. The van der Waals surface area contributed by atoms with Crippen LogP contribution in [0.2, 0.25) is 0 Å². The van der Waals surface area contributed by atoms with E-state index in [9.17, 15) is 31.5 Å². The number of carboxylic acid groups (broad SMARTS) is 1. The van der Waals surface area contributed by atoms with Gasteiger partial charge in [-0.3, -0.25) is 4.90 Å². The van der Waals surface area contributed by atoms with Crippen molar-refractivity contribution in [2.24, 2.45) is 0 Å². The molecule has 0 aliphatic carbocycles. The summed E-state index contributed by atoms with van der Waals surface area (Å²) in [6, 6.07) is 5.91. The van der Waals surface area contributed by atoms with Crippen LogP contribution in [-0.2, 0) is 19.7 Å². The summed E-state index contributed by atoms with van der Waals surface area (Å²) in [7, 11) is -5.86. The first-order valence-electron chi connectivity index (χ1n) is 7.54. The van der Waals surface area contributed by atoms with Crippen molar-refractivity contribution in [1.82, 2.24) is 4.90 Å². The number of alkyl halides is 3. The van der Waals surface area contributed by atoms with E-state index < -0.39 is 40.1 Å². The molecule has 1 aliphatic rings. The molecular weight excluding hydrogens is 375 g/mol. The van der Waals surface area contributed by atoms with Gasteiger partial charge in [0, 0.05) is 0 Å². The molecule has 0 saturated carbocycles. The van der Waals surface area contributed by atoms with Crippen molar-refractivity contribution in [2.75, 3.05) is 6.54 Å². The van der Waals surface area contributed by atoms with Crippen LogP contribution in [0.5, 0.6) is 0 Å². The smallest absolute Gasteiger partial charge is 0.465 e. The largest absolute Gasteiger partial charge is 0.534 e. The van der Waals surface area contributed by atoms with Crippen LogP contribution < -0.4 is 0 Å². The predicted octanol–water partition coefficient (Wildman–Crippen LogP) is 3.77. The summed E-state index contributed by atoms with van der Waals surface area (Å²) in [5, 5.41) is 9.38. The van der Waals surface area contributed by atoms with Crippen LogP contribution >= 0.6 is 0 Å². The van der Waals surface area contributed by atoms with Crippen LogP contribution in [0.4, 0.5) is 18.0 Å². The van der Waals surface area contributed by atoms with Gasteiger partial charge < -0.3 is 9.29 Å². The van der Waals surface area contributed by atoms with Gasteiger partial charge in [0.05, 0.1) is 12.6 Å². The van der Waals surface area contributed by atoms with Crippen LogP contribution in [0.1, 0.15) is 37.9 Å². The number of nitrogens with zero attached hydrogens (tertiary/aromatic N) is 1. The second-order valence-corrected chi connectivity index (χ2v) is 8.35. The van der Waals surface area contributed by atoms with E-state index in [1.807, 2.05) is 20.8 Å². The summed E-state index contributed by atoms with van der Waals surface area (Å²) in [5.41, 5.74) is -4.63. The van der Waals surface area contributed by atoms with E-state index >= 15 is 0 Å². The lowest BCUT2D eigenvalue weighted by molar-refractivity contribution is -0.0522. The van der Waals surface area contributed by atoms with Crippen LogP contribution in [0.3, 0.4) is 0 Å². The van der Waals surface area contributed by atoms with Crippen molar-refractivity contribution in [3.63, 3.8) is 0 Å². The SMILES string of the molecule is CC(C)(C)c1ccccc1[C@@H]1C=C(OS(=O)(=O)C(F)(F)F)CN1C(=O)O. The Labute approximate surface area is 149 Å². The molecule has 1 aliphatic heterocycles. The molecule has 1 aromatic carbocycles. The van der Waals surface area contributed by atoms with E-state index in [0.29, 0.717) is 5.56 Å². The first-order valence-corrected chi connectivity index (χ1v) is 8.95. The van der Waals surface area contributed by atoms with Crippen molar-refractivity contribution in [3.05, 3.63) is 47.2 Å². The molecule has 6 nitrogen and oxygen atoms in total. The van der Waals surface area contributed by atoms with E-state index in [4.69, 9.17) is 0 Å². The Bertz CT molecular complexity index is 840.